The molecule has 2 atom stereocenters. The molecule has 138 valence electrons. The first-order valence-corrected chi connectivity index (χ1v) is 10.3. The van der Waals surface area contributed by atoms with Crippen molar-refractivity contribution in [1.82, 2.24) is 4.90 Å². The van der Waals surface area contributed by atoms with Crippen molar-refractivity contribution in [2.75, 3.05) is 31.2 Å². The minimum atomic E-state index is -3.24. The second-order valence-electron chi connectivity index (χ2n) is 6.72. The number of likely N-dealkylation sites (tertiary alicyclic amines) is 1. The van der Waals surface area contributed by atoms with E-state index in [1.54, 1.807) is 12.1 Å². The molecular formula is C19H23N3O3S. The summed E-state index contributed by atoms with van der Waals surface area (Å²) in [6.07, 6.45) is 1.15. The largest absolute Gasteiger partial charge is 0.326 e. The van der Waals surface area contributed by atoms with Crippen LogP contribution in [0.5, 0.6) is 0 Å². The molecule has 1 aliphatic rings. The first-order valence-electron chi connectivity index (χ1n) is 8.46. The first-order chi connectivity index (χ1) is 12.3. The smallest absolute Gasteiger partial charge is 0.238 e. The highest BCUT2D eigenvalue weighted by molar-refractivity contribution is 7.90. The van der Waals surface area contributed by atoms with Gasteiger partial charge in [-0.25, -0.2) is 8.42 Å². The molecule has 1 saturated heterocycles. The summed E-state index contributed by atoms with van der Waals surface area (Å²) in [5.41, 5.74) is 8.03. The molecule has 1 heterocycles. The number of amides is 1. The van der Waals surface area contributed by atoms with Crippen LogP contribution in [0.3, 0.4) is 0 Å². The summed E-state index contributed by atoms with van der Waals surface area (Å²) in [6.45, 7) is 1.66. The molecule has 7 heteroatoms. The van der Waals surface area contributed by atoms with E-state index in [2.05, 4.69) is 17.4 Å². The van der Waals surface area contributed by atoms with Gasteiger partial charge in [0.2, 0.25) is 5.91 Å². The van der Waals surface area contributed by atoms with Crippen molar-refractivity contribution in [3.8, 4) is 0 Å². The van der Waals surface area contributed by atoms with Crippen LogP contribution in [0.2, 0.25) is 0 Å². The minimum Gasteiger partial charge on any atom is -0.326 e. The van der Waals surface area contributed by atoms with E-state index < -0.39 is 9.84 Å². The predicted molar refractivity (Wildman–Crippen MR) is 102 cm³/mol. The molecule has 1 amide bonds. The molecule has 1 aliphatic heterocycles. The lowest BCUT2D eigenvalue weighted by Gasteiger charge is -2.16. The fraction of sp³-hybridized carbons (Fsp3) is 0.316. The third-order valence-electron chi connectivity index (χ3n) is 4.60. The van der Waals surface area contributed by atoms with E-state index in [9.17, 15) is 13.2 Å². The monoisotopic (exact) mass is 373 g/mol. The Labute approximate surface area is 153 Å². The van der Waals surface area contributed by atoms with E-state index >= 15 is 0 Å². The highest BCUT2D eigenvalue weighted by Crippen LogP contribution is 2.26. The fourth-order valence-corrected chi connectivity index (χ4v) is 3.91. The van der Waals surface area contributed by atoms with Gasteiger partial charge in [-0.05, 0) is 29.8 Å². The maximum Gasteiger partial charge on any atom is 0.238 e. The summed E-state index contributed by atoms with van der Waals surface area (Å²) < 4.78 is 22.9. The van der Waals surface area contributed by atoms with Gasteiger partial charge in [-0.15, -0.1) is 0 Å². The number of hydrogen-bond acceptors (Lipinski definition) is 5. The Morgan fingerprint density at radius 1 is 1.12 bits per heavy atom. The number of anilines is 1. The fourth-order valence-electron chi connectivity index (χ4n) is 3.28. The minimum absolute atomic E-state index is 0.000700. The number of hydrogen-bond donors (Lipinski definition) is 2. The Kier molecular flexibility index (Phi) is 5.41. The lowest BCUT2D eigenvalue weighted by atomic mass is 9.95. The van der Waals surface area contributed by atoms with Gasteiger partial charge in [0.1, 0.15) is 0 Å². The summed E-state index contributed by atoms with van der Waals surface area (Å²) >= 11 is 0. The zero-order valence-electron chi connectivity index (χ0n) is 14.6. The SMILES string of the molecule is CS(=O)(=O)c1ccc(NC(=O)CN2C[C@@H](N)[C@H](c3ccccc3)C2)cc1. The standard InChI is InChI=1S/C19H23N3O3S/c1-26(24,25)16-9-7-15(8-10-16)21-19(23)13-22-11-17(18(20)12-22)14-5-3-2-4-6-14/h2-10,17-18H,11-13,20H2,1H3,(H,21,23)/t17-,18+/m0/s1. The van der Waals surface area contributed by atoms with Gasteiger partial charge >= 0.3 is 0 Å². The number of nitrogens with one attached hydrogen (secondary N) is 1. The summed E-state index contributed by atoms with van der Waals surface area (Å²) in [5, 5.41) is 2.80. The van der Waals surface area contributed by atoms with Crippen molar-refractivity contribution >= 4 is 21.4 Å². The van der Waals surface area contributed by atoms with Gasteiger partial charge in [-0.3, -0.25) is 9.69 Å². The normalized spacial score (nSPS) is 20.8. The van der Waals surface area contributed by atoms with Crippen molar-refractivity contribution in [2.45, 2.75) is 16.9 Å². The zero-order valence-corrected chi connectivity index (χ0v) is 15.4. The van der Waals surface area contributed by atoms with Crippen molar-refractivity contribution in [1.29, 1.82) is 0 Å². The maximum absolute atomic E-state index is 12.3. The molecule has 0 saturated carbocycles. The molecule has 0 spiro atoms. The van der Waals surface area contributed by atoms with Crippen molar-refractivity contribution < 1.29 is 13.2 Å². The highest BCUT2D eigenvalue weighted by Gasteiger charge is 2.31. The van der Waals surface area contributed by atoms with E-state index in [0.717, 1.165) is 12.8 Å². The van der Waals surface area contributed by atoms with Gasteiger partial charge in [0, 0.05) is 37.0 Å². The summed E-state index contributed by atoms with van der Waals surface area (Å²) in [4.78, 5) is 14.6. The molecule has 6 nitrogen and oxygen atoms in total. The van der Waals surface area contributed by atoms with Crippen LogP contribution in [-0.4, -0.2) is 51.2 Å². The van der Waals surface area contributed by atoms with E-state index in [4.69, 9.17) is 5.73 Å². The Morgan fingerprint density at radius 2 is 1.77 bits per heavy atom. The predicted octanol–water partition coefficient (Wildman–Crippen LogP) is 1.46. The molecule has 2 aromatic carbocycles. The number of nitrogens with zero attached hydrogens (tertiary/aromatic N) is 1. The molecular weight excluding hydrogens is 350 g/mol. The number of nitrogens with two attached hydrogens (primary N) is 1. The molecule has 26 heavy (non-hydrogen) atoms. The van der Waals surface area contributed by atoms with Gasteiger partial charge in [0.15, 0.2) is 9.84 Å². The van der Waals surface area contributed by atoms with Gasteiger partial charge in [-0.1, -0.05) is 30.3 Å². The molecule has 2 aromatic rings. The second-order valence-corrected chi connectivity index (χ2v) is 8.74. The number of carbonyl (C=O) groups excluding carboxylic acids is 1. The van der Waals surface area contributed by atoms with Crippen LogP contribution in [0.1, 0.15) is 11.5 Å². The Bertz CT molecular complexity index is 867. The lowest BCUT2D eigenvalue weighted by Crippen LogP contribution is -2.33. The average Bonchev–Trinajstić information content (AvgIpc) is 2.95. The third-order valence-corrected chi connectivity index (χ3v) is 5.73. The van der Waals surface area contributed by atoms with Crippen LogP contribution in [0.15, 0.2) is 59.5 Å². The maximum atomic E-state index is 12.3. The van der Waals surface area contributed by atoms with Gasteiger partial charge in [0.05, 0.1) is 11.4 Å². The summed E-state index contributed by atoms with van der Waals surface area (Å²) in [7, 11) is -3.24. The second kappa shape index (κ2) is 7.57. The Balaban J connectivity index is 1.57. The Hall–Kier alpha value is -2.22. The van der Waals surface area contributed by atoms with Gasteiger partial charge in [0.25, 0.3) is 0 Å². The number of benzene rings is 2. The molecule has 0 radical (unpaired) electrons. The molecule has 3 N–H and O–H groups in total. The van der Waals surface area contributed by atoms with Crippen LogP contribution >= 0.6 is 0 Å². The number of sulfone groups is 1. The van der Waals surface area contributed by atoms with Gasteiger partial charge in [-0.2, -0.15) is 0 Å². The molecule has 0 bridgehead atoms. The molecule has 1 fully saturated rings. The van der Waals surface area contributed by atoms with Crippen molar-refractivity contribution in [3.05, 3.63) is 60.2 Å². The quantitative estimate of drug-likeness (QED) is 0.828. The molecule has 0 aliphatic carbocycles. The van der Waals surface area contributed by atoms with Crippen LogP contribution in [0, 0.1) is 0 Å². The lowest BCUT2D eigenvalue weighted by molar-refractivity contribution is -0.117. The van der Waals surface area contributed by atoms with Crippen LogP contribution in [0.4, 0.5) is 5.69 Å². The van der Waals surface area contributed by atoms with Gasteiger partial charge < -0.3 is 11.1 Å². The van der Waals surface area contributed by atoms with E-state index in [1.165, 1.54) is 17.7 Å². The average molecular weight is 373 g/mol. The van der Waals surface area contributed by atoms with Crippen LogP contribution in [0.25, 0.3) is 0 Å². The summed E-state index contributed by atoms with van der Waals surface area (Å²) in [6, 6.07) is 16.3. The molecule has 0 unspecified atom stereocenters. The summed E-state index contributed by atoms with van der Waals surface area (Å²) in [5.74, 6) is 0.0797. The zero-order chi connectivity index (χ0) is 18.7. The highest BCUT2D eigenvalue weighted by atomic mass is 32.2. The molecule has 3 rings (SSSR count). The van der Waals surface area contributed by atoms with Crippen LogP contribution < -0.4 is 11.1 Å². The van der Waals surface area contributed by atoms with Crippen molar-refractivity contribution in [2.24, 2.45) is 5.73 Å². The third kappa shape index (κ3) is 4.49. The molecule has 0 aromatic heterocycles. The van der Waals surface area contributed by atoms with E-state index in [1.807, 2.05) is 23.1 Å². The topological polar surface area (TPSA) is 92.5 Å². The van der Waals surface area contributed by atoms with E-state index in [0.29, 0.717) is 12.2 Å². The number of rotatable bonds is 5. The van der Waals surface area contributed by atoms with E-state index in [-0.39, 0.29) is 29.3 Å². The van der Waals surface area contributed by atoms with Crippen molar-refractivity contribution in [3.63, 3.8) is 0 Å². The van der Waals surface area contributed by atoms with Crippen LogP contribution in [-0.2, 0) is 14.6 Å². The Morgan fingerprint density at radius 3 is 2.38 bits per heavy atom. The first kappa shape index (κ1) is 18.6. The number of carbonyl (C=O) groups is 1.